The molecule has 1 fully saturated rings. The lowest BCUT2D eigenvalue weighted by molar-refractivity contribution is -0.124. The number of carbonyl (C=O) groups is 1. The van der Waals surface area contributed by atoms with Crippen molar-refractivity contribution in [2.45, 2.75) is 45.2 Å². The highest BCUT2D eigenvalue weighted by atomic mass is 16.1. The summed E-state index contributed by atoms with van der Waals surface area (Å²) >= 11 is 0. The van der Waals surface area contributed by atoms with Gasteiger partial charge in [-0.1, -0.05) is 49.2 Å². The van der Waals surface area contributed by atoms with Crippen molar-refractivity contribution < 1.29 is 4.79 Å². The van der Waals surface area contributed by atoms with E-state index in [0.717, 1.165) is 38.9 Å². The van der Waals surface area contributed by atoms with E-state index in [9.17, 15) is 4.79 Å². The summed E-state index contributed by atoms with van der Waals surface area (Å²) < 4.78 is 0. The van der Waals surface area contributed by atoms with E-state index in [1.165, 1.54) is 35.2 Å². The Morgan fingerprint density at radius 2 is 1.60 bits per heavy atom. The molecule has 3 heteroatoms. The third-order valence-electron chi connectivity index (χ3n) is 5.58. The molecule has 0 aromatic heterocycles. The summed E-state index contributed by atoms with van der Waals surface area (Å²) in [6.07, 6.45) is 5.45. The van der Waals surface area contributed by atoms with E-state index < -0.39 is 0 Å². The predicted molar refractivity (Wildman–Crippen MR) is 101 cm³/mol. The summed E-state index contributed by atoms with van der Waals surface area (Å²) in [5, 5.41) is 3.11. The molecule has 0 spiro atoms. The van der Waals surface area contributed by atoms with Gasteiger partial charge in [-0.05, 0) is 48.1 Å². The van der Waals surface area contributed by atoms with Crippen LogP contribution in [0.5, 0.6) is 0 Å². The molecular weight excluding hydrogens is 308 g/mol. The minimum atomic E-state index is 0.254. The fraction of sp³-hybridized carbons (Fsp3) is 0.409. The van der Waals surface area contributed by atoms with E-state index in [-0.39, 0.29) is 11.8 Å². The molecule has 0 radical (unpaired) electrons. The topological polar surface area (TPSA) is 32.3 Å². The average Bonchev–Trinajstić information content (AvgIpc) is 3.32. The summed E-state index contributed by atoms with van der Waals surface area (Å²) in [5.41, 5.74) is 5.42. The van der Waals surface area contributed by atoms with Crippen LogP contribution < -0.4 is 10.2 Å². The molecule has 0 unspecified atom stereocenters. The van der Waals surface area contributed by atoms with Crippen LogP contribution in [0.15, 0.2) is 48.5 Å². The number of fused-ring (bicyclic) bond motifs is 1. The zero-order valence-electron chi connectivity index (χ0n) is 14.7. The first-order valence-electron chi connectivity index (χ1n) is 9.48. The van der Waals surface area contributed by atoms with Crippen molar-refractivity contribution in [3.05, 3.63) is 65.2 Å². The average molecular weight is 334 g/mol. The highest BCUT2D eigenvalue weighted by Gasteiger charge is 2.22. The molecular formula is C22H26N2O. The number of hydrogen-bond acceptors (Lipinski definition) is 2. The van der Waals surface area contributed by atoms with Gasteiger partial charge in [0.2, 0.25) is 5.91 Å². The first kappa shape index (κ1) is 16.2. The monoisotopic (exact) mass is 334 g/mol. The third-order valence-corrected chi connectivity index (χ3v) is 5.58. The van der Waals surface area contributed by atoms with Crippen LogP contribution in [0, 0.1) is 5.92 Å². The lowest BCUT2D eigenvalue weighted by Crippen LogP contribution is -2.30. The third kappa shape index (κ3) is 3.71. The molecule has 4 rings (SSSR count). The number of amides is 1. The van der Waals surface area contributed by atoms with Crippen LogP contribution in [0.25, 0.3) is 0 Å². The van der Waals surface area contributed by atoms with E-state index in [1.54, 1.807) is 0 Å². The Balaban J connectivity index is 1.28. The summed E-state index contributed by atoms with van der Waals surface area (Å²) in [7, 11) is 0. The number of benzene rings is 2. The molecule has 1 heterocycles. The number of nitrogens with zero attached hydrogens (tertiary/aromatic N) is 1. The van der Waals surface area contributed by atoms with Crippen molar-refractivity contribution >= 4 is 11.6 Å². The van der Waals surface area contributed by atoms with Crippen LogP contribution in [0.4, 0.5) is 5.69 Å². The molecule has 1 amide bonds. The molecule has 2 aliphatic rings. The van der Waals surface area contributed by atoms with Crippen LogP contribution in [0.3, 0.4) is 0 Å². The maximum atomic E-state index is 12.1. The number of hydrogen-bond donors (Lipinski definition) is 1. The molecule has 130 valence electrons. The Morgan fingerprint density at radius 1 is 0.960 bits per heavy atom. The standard InChI is InChI=1S/C22H26N2O/c25-22(18-5-1-2-6-18)23-14-13-17-9-11-21(12-10-17)24-15-19-7-3-4-8-20(19)16-24/h3-4,7-12,18H,1-2,5-6,13-16H2,(H,23,25). The van der Waals surface area contributed by atoms with Crippen LogP contribution in [-0.4, -0.2) is 12.5 Å². The van der Waals surface area contributed by atoms with Crippen LogP contribution >= 0.6 is 0 Å². The summed E-state index contributed by atoms with van der Waals surface area (Å²) in [4.78, 5) is 14.5. The normalized spacial score (nSPS) is 16.9. The van der Waals surface area contributed by atoms with Gasteiger partial charge in [0.25, 0.3) is 0 Å². The Hall–Kier alpha value is -2.29. The van der Waals surface area contributed by atoms with Crippen LogP contribution in [0.2, 0.25) is 0 Å². The second kappa shape index (κ2) is 7.30. The molecule has 0 bridgehead atoms. The molecule has 1 aliphatic carbocycles. The number of carbonyl (C=O) groups excluding carboxylic acids is 1. The molecule has 1 aliphatic heterocycles. The smallest absolute Gasteiger partial charge is 0.223 e. The number of anilines is 1. The summed E-state index contributed by atoms with van der Waals surface area (Å²) in [6.45, 7) is 2.73. The Labute approximate surface area is 150 Å². The van der Waals surface area contributed by atoms with Crippen LogP contribution in [0.1, 0.15) is 42.4 Å². The van der Waals surface area contributed by atoms with Gasteiger partial charge in [-0.15, -0.1) is 0 Å². The lowest BCUT2D eigenvalue weighted by Gasteiger charge is -2.18. The van der Waals surface area contributed by atoms with E-state index in [1.807, 2.05) is 0 Å². The SMILES string of the molecule is O=C(NCCc1ccc(N2Cc3ccccc3C2)cc1)C1CCCC1. The molecule has 1 N–H and O–H groups in total. The fourth-order valence-electron chi connectivity index (χ4n) is 4.05. The molecule has 0 atom stereocenters. The van der Waals surface area contributed by atoms with E-state index in [4.69, 9.17) is 0 Å². The largest absolute Gasteiger partial charge is 0.363 e. The zero-order chi connectivity index (χ0) is 17.1. The second-order valence-electron chi connectivity index (χ2n) is 7.31. The minimum absolute atomic E-state index is 0.254. The summed E-state index contributed by atoms with van der Waals surface area (Å²) in [5.74, 6) is 0.517. The van der Waals surface area contributed by atoms with Gasteiger partial charge in [-0.3, -0.25) is 4.79 Å². The van der Waals surface area contributed by atoms with Crippen molar-refractivity contribution in [1.82, 2.24) is 5.32 Å². The van der Waals surface area contributed by atoms with Crippen molar-refractivity contribution in [3.63, 3.8) is 0 Å². The Bertz CT molecular complexity index is 707. The number of rotatable bonds is 5. The molecule has 1 saturated carbocycles. The van der Waals surface area contributed by atoms with Crippen molar-refractivity contribution in [3.8, 4) is 0 Å². The first-order valence-corrected chi connectivity index (χ1v) is 9.48. The molecule has 2 aromatic rings. The molecule has 3 nitrogen and oxygen atoms in total. The van der Waals surface area contributed by atoms with E-state index >= 15 is 0 Å². The number of nitrogens with one attached hydrogen (secondary N) is 1. The second-order valence-corrected chi connectivity index (χ2v) is 7.31. The van der Waals surface area contributed by atoms with Gasteiger partial charge < -0.3 is 10.2 Å². The molecule has 2 aromatic carbocycles. The quantitative estimate of drug-likeness (QED) is 0.894. The van der Waals surface area contributed by atoms with Gasteiger partial charge >= 0.3 is 0 Å². The summed E-state index contributed by atoms with van der Waals surface area (Å²) in [6, 6.07) is 17.5. The van der Waals surface area contributed by atoms with Gasteiger partial charge in [0, 0.05) is 31.2 Å². The van der Waals surface area contributed by atoms with Gasteiger partial charge in [0.05, 0.1) is 0 Å². The van der Waals surface area contributed by atoms with E-state index in [0.29, 0.717) is 0 Å². The van der Waals surface area contributed by atoms with Crippen molar-refractivity contribution in [1.29, 1.82) is 0 Å². The maximum absolute atomic E-state index is 12.1. The van der Waals surface area contributed by atoms with Gasteiger partial charge in [0.1, 0.15) is 0 Å². The molecule has 0 saturated heterocycles. The highest BCUT2D eigenvalue weighted by molar-refractivity contribution is 5.78. The first-order chi connectivity index (χ1) is 12.3. The van der Waals surface area contributed by atoms with Gasteiger partial charge in [-0.2, -0.15) is 0 Å². The van der Waals surface area contributed by atoms with Crippen molar-refractivity contribution in [2.24, 2.45) is 5.92 Å². The fourth-order valence-corrected chi connectivity index (χ4v) is 4.05. The highest BCUT2D eigenvalue weighted by Crippen LogP contribution is 2.28. The van der Waals surface area contributed by atoms with Gasteiger partial charge in [0.15, 0.2) is 0 Å². The van der Waals surface area contributed by atoms with E-state index in [2.05, 4.69) is 58.7 Å². The predicted octanol–water partition coefficient (Wildman–Crippen LogP) is 4.06. The van der Waals surface area contributed by atoms with Gasteiger partial charge in [-0.25, -0.2) is 0 Å². The zero-order valence-corrected chi connectivity index (χ0v) is 14.7. The minimum Gasteiger partial charge on any atom is -0.363 e. The van der Waals surface area contributed by atoms with Crippen molar-refractivity contribution in [2.75, 3.05) is 11.4 Å². The Morgan fingerprint density at radius 3 is 2.24 bits per heavy atom. The lowest BCUT2D eigenvalue weighted by atomic mass is 10.1. The Kier molecular flexibility index (Phi) is 4.73. The van der Waals surface area contributed by atoms with Crippen LogP contribution in [-0.2, 0) is 24.3 Å². The maximum Gasteiger partial charge on any atom is 0.223 e. The molecule has 25 heavy (non-hydrogen) atoms.